The molecule has 1 atom stereocenters. The van der Waals surface area contributed by atoms with Gasteiger partial charge in [0.2, 0.25) is 0 Å². The Morgan fingerprint density at radius 2 is 2.15 bits per heavy atom. The molecule has 0 spiro atoms. The van der Waals surface area contributed by atoms with Crippen LogP contribution in [0.5, 0.6) is 5.75 Å². The van der Waals surface area contributed by atoms with Gasteiger partial charge in [0.25, 0.3) is 0 Å². The summed E-state index contributed by atoms with van der Waals surface area (Å²) in [5.74, 6) is 1.20. The van der Waals surface area contributed by atoms with Crippen molar-refractivity contribution in [2.75, 3.05) is 6.61 Å². The number of rotatable bonds is 3. The fourth-order valence-corrected chi connectivity index (χ4v) is 2.62. The first-order chi connectivity index (χ1) is 9.74. The van der Waals surface area contributed by atoms with Crippen LogP contribution in [0.25, 0.3) is 0 Å². The maximum Gasteiger partial charge on any atom is 0.165 e. The molecule has 1 aliphatic heterocycles. The molecule has 0 aliphatic carbocycles. The summed E-state index contributed by atoms with van der Waals surface area (Å²) < 4.78 is 5.62. The first kappa shape index (κ1) is 13.1. The van der Waals surface area contributed by atoms with E-state index in [0.717, 1.165) is 17.7 Å². The molecule has 0 saturated heterocycles. The fourth-order valence-electron chi connectivity index (χ4n) is 2.51. The predicted octanol–water partition coefficient (Wildman–Crippen LogP) is 3.87. The van der Waals surface area contributed by atoms with Crippen LogP contribution in [-0.4, -0.2) is 17.4 Å². The third kappa shape index (κ3) is 2.68. The average molecular weight is 288 g/mol. The highest BCUT2D eigenvalue weighted by Gasteiger charge is 2.23. The predicted molar refractivity (Wildman–Crippen MR) is 77.5 cm³/mol. The summed E-state index contributed by atoms with van der Waals surface area (Å²) >= 11 is 5.74. The van der Waals surface area contributed by atoms with Crippen LogP contribution in [0, 0.1) is 0 Å². The maximum atomic E-state index is 12.3. The molecule has 1 unspecified atom stereocenters. The van der Waals surface area contributed by atoms with E-state index in [4.69, 9.17) is 16.3 Å². The molecule has 0 radical (unpaired) electrons. The number of halogens is 1. The van der Waals surface area contributed by atoms with E-state index >= 15 is 0 Å². The van der Waals surface area contributed by atoms with Gasteiger partial charge < -0.3 is 4.74 Å². The van der Waals surface area contributed by atoms with Crippen LogP contribution in [0.4, 0.5) is 0 Å². The number of fused-ring (bicyclic) bond motifs is 1. The van der Waals surface area contributed by atoms with Gasteiger partial charge in [0, 0.05) is 18.2 Å². The van der Waals surface area contributed by atoms with Gasteiger partial charge in [0.1, 0.15) is 10.9 Å². The van der Waals surface area contributed by atoms with E-state index < -0.39 is 0 Å². The van der Waals surface area contributed by atoms with Gasteiger partial charge in [-0.15, -0.1) is 0 Å². The Labute approximate surface area is 122 Å². The zero-order valence-electron chi connectivity index (χ0n) is 10.9. The molecule has 102 valence electrons. The lowest BCUT2D eigenvalue weighted by Crippen LogP contribution is -2.17. The molecule has 2 aromatic rings. The zero-order chi connectivity index (χ0) is 13.9. The number of Topliss-reactive ketones (excluding diaryl/α,β-unsaturated/α-hetero) is 1. The van der Waals surface area contributed by atoms with Gasteiger partial charge in [-0.05, 0) is 36.1 Å². The normalized spacial score (nSPS) is 17.1. The van der Waals surface area contributed by atoms with Crippen LogP contribution in [-0.2, 0) is 0 Å². The maximum absolute atomic E-state index is 12.3. The number of pyridine rings is 1. The Morgan fingerprint density at radius 3 is 2.95 bits per heavy atom. The first-order valence-corrected chi connectivity index (χ1v) is 6.98. The number of hydrogen-bond donors (Lipinski definition) is 0. The van der Waals surface area contributed by atoms with Crippen molar-refractivity contribution in [2.45, 2.75) is 18.8 Å². The molecule has 1 aliphatic rings. The minimum atomic E-state index is 0.0934. The summed E-state index contributed by atoms with van der Waals surface area (Å²) in [6.45, 7) is 0.661. The van der Waals surface area contributed by atoms with Crippen molar-refractivity contribution < 1.29 is 9.53 Å². The molecule has 3 rings (SSSR count). The second kappa shape index (κ2) is 5.63. The van der Waals surface area contributed by atoms with Crippen molar-refractivity contribution in [1.29, 1.82) is 0 Å². The SMILES string of the molecule is O=C(CC1CCOc2ccccc21)c1ccc(Cl)nc1. The van der Waals surface area contributed by atoms with Crippen LogP contribution < -0.4 is 4.74 Å². The van der Waals surface area contributed by atoms with Crippen LogP contribution >= 0.6 is 11.6 Å². The van der Waals surface area contributed by atoms with Gasteiger partial charge in [-0.25, -0.2) is 4.98 Å². The topological polar surface area (TPSA) is 39.2 Å². The molecule has 1 aromatic heterocycles. The summed E-state index contributed by atoms with van der Waals surface area (Å²) in [7, 11) is 0. The second-order valence-corrected chi connectivity index (χ2v) is 5.26. The molecule has 2 heterocycles. The van der Waals surface area contributed by atoms with Crippen molar-refractivity contribution in [1.82, 2.24) is 4.98 Å². The molecule has 4 heteroatoms. The number of benzene rings is 1. The molecular weight excluding hydrogens is 274 g/mol. The van der Waals surface area contributed by atoms with Crippen molar-refractivity contribution in [3.8, 4) is 5.75 Å². The molecular formula is C16H14ClNO2. The van der Waals surface area contributed by atoms with E-state index in [1.807, 2.05) is 24.3 Å². The van der Waals surface area contributed by atoms with Crippen molar-refractivity contribution in [3.63, 3.8) is 0 Å². The molecule has 20 heavy (non-hydrogen) atoms. The number of carbonyl (C=O) groups is 1. The quantitative estimate of drug-likeness (QED) is 0.635. The van der Waals surface area contributed by atoms with Gasteiger partial charge in [0.15, 0.2) is 5.78 Å². The Hall–Kier alpha value is -1.87. The number of hydrogen-bond acceptors (Lipinski definition) is 3. The fraction of sp³-hybridized carbons (Fsp3) is 0.250. The van der Waals surface area contributed by atoms with Crippen LogP contribution in [0.2, 0.25) is 5.15 Å². The van der Waals surface area contributed by atoms with E-state index in [1.165, 1.54) is 6.20 Å². The smallest absolute Gasteiger partial charge is 0.165 e. The summed E-state index contributed by atoms with van der Waals surface area (Å²) in [6.07, 6.45) is 2.88. The zero-order valence-corrected chi connectivity index (χ0v) is 11.6. The highest BCUT2D eigenvalue weighted by Crippen LogP contribution is 2.36. The monoisotopic (exact) mass is 287 g/mol. The lowest BCUT2D eigenvalue weighted by Gasteiger charge is -2.25. The van der Waals surface area contributed by atoms with Crippen molar-refractivity contribution in [2.24, 2.45) is 0 Å². The summed E-state index contributed by atoms with van der Waals surface area (Å²) in [4.78, 5) is 16.3. The third-order valence-corrected chi connectivity index (χ3v) is 3.79. The number of ketones is 1. The lowest BCUT2D eigenvalue weighted by atomic mass is 9.87. The van der Waals surface area contributed by atoms with Gasteiger partial charge in [-0.2, -0.15) is 0 Å². The second-order valence-electron chi connectivity index (χ2n) is 4.87. The Bertz CT molecular complexity index is 625. The molecule has 0 bridgehead atoms. The number of para-hydroxylation sites is 1. The molecule has 0 amide bonds. The number of nitrogens with zero attached hydrogens (tertiary/aromatic N) is 1. The van der Waals surface area contributed by atoms with E-state index in [0.29, 0.717) is 23.7 Å². The summed E-state index contributed by atoms with van der Waals surface area (Å²) in [5.41, 5.74) is 1.73. The van der Waals surface area contributed by atoms with Gasteiger partial charge in [-0.1, -0.05) is 29.8 Å². The Kier molecular flexibility index (Phi) is 3.70. The van der Waals surface area contributed by atoms with Crippen LogP contribution in [0.3, 0.4) is 0 Å². The van der Waals surface area contributed by atoms with E-state index in [9.17, 15) is 4.79 Å². The first-order valence-electron chi connectivity index (χ1n) is 6.60. The minimum absolute atomic E-state index is 0.0934. The lowest BCUT2D eigenvalue weighted by molar-refractivity contribution is 0.0965. The Balaban J connectivity index is 1.79. The summed E-state index contributed by atoms with van der Waals surface area (Å²) in [6, 6.07) is 11.3. The molecule has 3 nitrogen and oxygen atoms in total. The van der Waals surface area contributed by atoms with Crippen molar-refractivity contribution >= 4 is 17.4 Å². The van der Waals surface area contributed by atoms with Crippen LogP contribution in [0.1, 0.15) is 34.7 Å². The Morgan fingerprint density at radius 1 is 1.30 bits per heavy atom. The highest BCUT2D eigenvalue weighted by molar-refractivity contribution is 6.29. The molecule has 0 saturated carbocycles. The van der Waals surface area contributed by atoms with E-state index in [2.05, 4.69) is 4.98 Å². The van der Waals surface area contributed by atoms with Crippen molar-refractivity contribution in [3.05, 3.63) is 58.9 Å². The third-order valence-electron chi connectivity index (χ3n) is 3.56. The van der Waals surface area contributed by atoms with E-state index in [1.54, 1.807) is 12.1 Å². The largest absolute Gasteiger partial charge is 0.493 e. The van der Waals surface area contributed by atoms with E-state index in [-0.39, 0.29) is 11.7 Å². The van der Waals surface area contributed by atoms with Gasteiger partial charge in [-0.3, -0.25) is 4.79 Å². The van der Waals surface area contributed by atoms with Gasteiger partial charge >= 0.3 is 0 Å². The summed E-state index contributed by atoms with van der Waals surface area (Å²) in [5, 5.41) is 0.401. The highest BCUT2D eigenvalue weighted by atomic mass is 35.5. The standard InChI is InChI=1S/C16H14ClNO2/c17-16-6-5-12(10-18-16)14(19)9-11-7-8-20-15-4-2-1-3-13(11)15/h1-6,10-11H,7-9H2. The number of aromatic nitrogens is 1. The van der Waals surface area contributed by atoms with Gasteiger partial charge in [0.05, 0.1) is 6.61 Å². The molecule has 0 N–H and O–H groups in total. The minimum Gasteiger partial charge on any atom is -0.493 e. The number of ether oxygens (including phenoxy) is 1. The van der Waals surface area contributed by atoms with Crippen LogP contribution in [0.15, 0.2) is 42.6 Å². The average Bonchev–Trinajstić information content (AvgIpc) is 2.48. The number of carbonyl (C=O) groups excluding carboxylic acids is 1. The molecule has 0 fully saturated rings. The molecule has 1 aromatic carbocycles.